The third-order valence-electron chi connectivity index (χ3n) is 2.84. The molecule has 2 N–H and O–H groups in total. The van der Waals surface area contributed by atoms with Crippen LogP contribution >= 0.6 is 0 Å². The van der Waals surface area contributed by atoms with Crippen molar-refractivity contribution in [3.8, 4) is 0 Å². The van der Waals surface area contributed by atoms with Crippen molar-refractivity contribution in [2.45, 2.75) is 18.6 Å². The Labute approximate surface area is 107 Å². The zero-order valence-electron chi connectivity index (χ0n) is 9.69. The molecule has 0 aromatic carbocycles. The Hall–Kier alpha value is -2.05. The monoisotopic (exact) mass is 272 g/mol. The van der Waals surface area contributed by atoms with Gasteiger partial charge in [-0.3, -0.25) is 4.79 Å². The highest BCUT2D eigenvalue weighted by atomic mass is 19.4. The number of halogens is 3. The van der Waals surface area contributed by atoms with Crippen LogP contribution in [0.5, 0.6) is 0 Å². The highest BCUT2D eigenvalue weighted by molar-refractivity contribution is 5.73. The fourth-order valence-corrected chi connectivity index (χ4v) is 1.91. The highest BCUT2D eigenvalue weighted by Crippen LogP contribution is 2.34. The number of hydrogen-bond acceptors (Lipinski definition) is 3. The SMILES string of the molecule is O=C(O)C1C=CC(Nc2ncccc2C(F)(F)F)C1. The predicted molar refractivity (Wildman–Crippen MR) is 61.5 cm³/mol. The second-order valence-electron chi connectivity index (χ2n) is 4.21. The van der Waals surface area contributed by atoms with Gasteiger partial charge in [-0.15, -0.1) is 0 Å². The van der Waals surface area contributed by atoms with Crippen LogP contribution in [0.1, 0.15) is 12.0 Å². The summed E-state index contributed by atoms with van der Waals surface area (Å²) in [5, 5.41) is 11.4. The molecular weight excluding hydrogens is 261 g/mol. The number of aromatic nitrogens is 1. The molecular formula is C12H11F3N2O2. The van der Waals surface area contributed by atoms with Gasteiger partial charge >= 0.3 is 12.1 Å². The maximum absolute atomic E-state index is 12.7. The second kappa shape index (κ2) is 4.91. The molecule has 0 spiro atoms. The Bertz CT molecular complexity index is 514. The van der Waals surface area contributed by atoms with E-state index in [2.05, 4.69) is 10.3 Å². The minimum Gasteiger partial charge on any atom is -0.481 e. The summed E-state index contributed by atoms with van der Waals surface area (Å²) in [4.78, 5) is 14.4. The van der Waals surface area contributed by atoms with Gasteiger partial charge in [0.25, 0.3) is 0 Å². The number of rotatable bonds is 3. The van der Waals surface area contributed by atoms with Gasteiger partial charge in [-0.05, 0) is 18.6 Å². The van der Waals surface area contributed by atoms with Gasteiger partial charge in [0.15, 0.2) is 0 Å². The molecule has 1 aliphatic rings. The Morgan fingerprint density at radius 1 is 1.42 bits per heavy atom. The first-order valence-electron chi connectivity index (χ1n) is 5.58. The average Bonchev–Trinajstić information content (AvgIpc) is 2.77. The van der Waals surface area contributed by atoms with Crippen LogP contribution in [0.15, 0.2) is 30.5 Å². The van der Waals surface area contributed by atoms with E-state index in [1.165, 1.54) is 18.3 Å². The zero-order chi connectivity index (χ0) is 14.0. The van der Waals surface area contributed by atoms with E-state index < -0.39 is 29.7 Å². The third kappa shape index (κ3) is 3.04. The van der Waals surface area contributed by atoms with Crippen molar-refractivity contribution in [1.29, 1.82) is 0 Å². The van der Waals surface area contributed by atoms with Gasteiger partial charge in [0.2, 0.25) is 0 Å². The van der Waals surface area contributed by atoms with Gasteiger partial charge in [-0.2, -0.15) is 13.2 Å². The smallest absolute Gasteiger partial charge is 0.419 e. The molecule has 102 valence electrons. The van der Waals surface area contributed by atoms with Crippen molar-refractivity contribution < 1.29 is 23.1 Å². The number of alkyl halides is 3. The number of aliphatic carboxylic acids is 1. The Morgan fingerprint density at radius 2 is 2.16 bits per heavy atom. The second-order valence-corrected chi connectivity index (χ2v) is 4.21. The van der Waals surface area contributed by atoms with Crippen LogP contribution in [0.4, 0.5) is 19.0 Å². The summed E-state index contributed by atoms with van der Waals surface area (Å²) >= 11 is 0. The first kappa shape index (κ1) is 13.4. The number of carboxylic acids is 1. The normalized spacial score (nSPS) is 22.5. The lowest BCUT2D eigenvalue weighted by Crippen LogP contribution is -2.21. The summed E-state index contributed by atoms with van der Waals surface area (Å²) in [6, 6.07) is 1.68. The third-order valence-corrected chi connectivity index (χ3v) is 2.84. The molecule has 0 radical (unpaired) electrons. The van der Waals surface area contributed by atoms with Gasteiger partial charge in [0, 0.05) is 12.2 Å². The van der Waals surface area contributed by atoms with E-state index in [4.69, 9.17) is 5.11 Å². The maximum Gasteiger partial charge on any atom is 0.419 e. The summed E-state index contributed by atoms with van der Waals surface area (Å²) in [7, 11) is 0. The quantitative estimate of drug-likeness (QED) is 0.830. The summed E-state index contributed by atoms with van der Waals surface area (Å²) in [6.45, 7) is 0. The van der Waals surface area contributed by atoms with E-state index >= 15 is 0 Å². The van der Waals surface area contributed by atoms with E-state index in [1.807, 2.05) is 0 Å². The lowest BCUT2D eigenvalue weighted by Gasteiger charge is -2.17. The van der Waals surface area contributed by atoms with Gasteiger partial charge in [-0.25, -0.2) is 4.98 Å². The lowest BCUT2D eigenvalue weighted by molar-refractivity contribution is -0.140. The first-order valence-corrected chi connectivity index (χ1v) is 5.58. The van der Waals surface area contributed by atoms with Crippen molar-refractivity contribution in [2.75, 3.05) is 5.32 Å². The van der Waals surface area contributed by atoms with Crippen LogP contribution < -0.4 is 5.32 Å². The van der Waals surface area contributed by atoms with Gasteiger partial charge in [0.05, 0.1) is 11.5 Å². The van der Waals surface area contributed by atoms with E-state index in [0.29, 0.717) is 0 Å². The number of pyridine rings is 1. The summed E-state index contributed by atoms with van der Waals surface area (Å²) in [5.41, 5.74) is -0.859. The van der Waals surface area contributed by atoms with Gasteiger partial charge in [-0.1, -0.05) is 12.2 Å². The Balaban J connectivity index is 2.13. The number of nitrogens with zero attached hydrogens (tertiary/aromatic N) is 1. The number of carbonyl (C=O) groups is 1. The minimum atomic E-state index is -4.49. The molecule has 19 heavy (non-hydrogen) atoms. The number of hydrogen-bond donors (Lipinski definition) is 2. The molecule has 0 aliphatic heterocycles. The fraction of sp³-hybridized carbons (Fsp3) is 0.333. The van der Waals surface area contributed by atoms with Crippen LogP contribution in [0.2, 0.25) is 0 Å². The van der Waals surface area contributed by atoms with Crippen molar-refractivity contribution in [3.05, 3.63) is 36.0 Å². The largest absolute Gasteiger partial charge is 0.481 e. The molecule has 1 heterocycles. The molecule has 2 rings (SSSR count). The average molecular weight is 272 g/mol. The molecule has 1 aromatic rings. The van der Waals surface area contributed by atoms with Crippen LogP contribution in [0, 0.1) is 5.92 Å². The molecule has 0 bridgehead atoms. The van der Waals surface area contributed by atoms with E-state index in [1.54, 1.807) is 6.08 Å². The highest BCUT2D eigenvalue weighted by Gasteiger charge is 2.35. The number of nitrogens with one attached hydrogen (secondary N) is 1. The topological polar surface area (TPSA) is 62.2 Å². The molecule has 0 saturated carbocycles. The van der Waals surface area contributed by atoms with Crippen LogP contribution in [-0.4, -0.2) is 22.1 Å². The lowest BCUT2D eigenvalue weighted by atomic mass is 10.1. The van der Waals surface area contributed by atoms with Crippen molar-refractivity contribution in [2.24, 2.45) is 5.92 Å². The fourth-order valence-electron chi connectivity index (χ4n) is 1.91. The molecule has 0 saturated heterocycles. The molecule has 2 atom stereocenters. The van der Waals surface area contributed by atoms with Crippen LogP contribution in [-0.2, 0) is 11.0 Å². The minimum absolute atomic E-state index is 0.212. The van der Waals surface area contributed by atoms with E-state index in [-0.39, 0.29) is 12.2 Å². The van der Waals surface area contributed by atoms with Gasteiger partial charge in [0.1, 0.15) is 5.82 Å². The summed E-state index contributed by atoms with van der Waals surface area (Å²) < 4.78 is 38.2. The standard InChI is InChI=1S/C12H11F3N2O2/c13-12(14,15)9-2-1-5-16-10(9)17-8-4-3-7(6-8)11(18)19/h1-5,7-8H,6H2,(H,16,17)(H,18,19). The van der Waals surface area contributed by atoms with E-state index in [9.17, 15) is 18.0 Å². The number of carboxylic acid groups (broad SMARTS) is 1. The van der Waals surface area contributed by atoms with Gasteiger partial charge < -0.3 is 10.4 Å². The Morgan fingerprint density at radius 3 is 2.74 bits per heavy atom. The maximum atomic E-state index is 12.7. The zero-order valence-corrected chi connectivity index (χ0v) is 9.69. The predicted octanol–water partition coefficient (Wildman–Crippen LogP) is 2.54. The van der Waals surface area contributed by atoms with Crippen LogP contribution in [0.3, 0.4) is 0 Å². The van der Waals surface area contributed by atoms with E-state index in [0.717, 1.165) is 6.07 Å². The number of anilines is 1. The Kier molecular flexibility index (Phi) is 3.46. The van der Waals surface area contributed by atoms with Crippen molar-refractivity contribution in [1.82, 2.24) is 4.98 Å². The molecule has 0 fully saturated rings. The molecule has 7 heteroatoms. The molecule has 1 aromatic heterocycles. The first-order chi connectivity index (χ1) is 8.88. The van der Waals surface area contributed by atoms with Crippen LogP contribution in [0.25, 0.3) is 0 Å². The summed E-state index contributed by atoms with van der Waals surface area (Å²) in [6.07, 6.45) is -0.0109. The van der Waals surface area contributed by atoms with Crippen molar-refractivity contribution in [3.63, 3.8) is 0 Å². The molecule has 2 unspecified atom stereocenters. The molecule has 0 amide bonds. The molecule has 1 aliphatic carbocycles. The summed E-state index contributed by atoms with van der Waals surface area (Å²) in [5.74, 6) is -1.94. The molecule has 4 nitrogen and oxygen atoms in total. The van der Waals surface area contributed by atoms with Crippen molar-refractivity contribution >= 4 is 11.8 Å².